The first kappa shape index (κ1) is 10.9. The first-order chi connectivity index (χ1) is 5.22. The summed E-state index contributed by atoms with van der Waals surface area (Å²) in [6.45, 7) is 0.648. The molecule has 5 heteroatoms. The maximum absolute atomic E-state index is 10.7. The molecule has 11 heavy (non-hydrogen) atoms. The SMILES string of the molecule is NCCCC[C@H](N)C(=O)[O][AlH]. The van der Waals surface area contributed by atoms with Gasteiger partial charge >= 0.3 is 16.6 Å². The highest BCUT2D eigenvalue weighted by atomic mass is 27.1. The van der Waals surface area contributed by atoms with Gasteiger partial charge in [-0.1, -0.05) is 6.42 Å². The Balaban J connectivity index is 3.36. The second-order valence-corrected chi connectivity index (χ2v) is 2.64. The van der Waals surface area contributed by atoms with Crippen LogP contribution in [0.3, 0.4) is 0 Å². The molecule has 0 aliphatic heterocycles. The zero-order valence-corrected chi connectivity index (χ0v) is 8.00. The second kappa shape index (κ2) is 6.62. The van der Waals surface area contributed by atoms with Crippen molar-refractivity contribution < 1.29 is 8.58 Å². The number of hydrogen-bond acceptors (Lipinski definition) is 4. The van der Waals surface area contributed by atoms with Gasteiger partial charge in [-0.3, -0.25) is 4.79 Å². The van der Waals surface area contributed by atoms with Crippen LogP contribution in [0.15, 0.2) is 0 Å². The number of carbonyl (C=O) groups excluding carboxylic acids is 1. The Hall–Kier alpha value is -0.0775. The molecule has 0 fully saturated rings. The smallest absolute Gasteiger partial charge is 0.496 e. The van der Waals surface area contributed by atoms with Crippen LogP contribution >= 0.6 is 0 Å². The average Bonchev–Trinajstić information content (AvgIpc) is 2.03. The first-order valence-corrected chi connectivity index (χ1v) is 4.21. The molecule has 0 aliphatic carbocycles. The second-order valence-electron chi connectivity index (χ2n) is 2.35. The van der Waals surface area contributed by atoms with Gasteiger partial charge in [0.05, 0.1) is 6.04 Å². The van der Waals surface area contributed by atoms with Crippen LogP contribution in [-0.4, -0.2) is 35.2 Å². The zero-order chi connectivity index (χ0) is 8.69. The first-order valence-electron chi connectivity index (χ1n) is 3.64. The minimum absolute atomic E-state index is 0.333. The van der Waals surface area contributed by atoms with Gasteiger partial charge < -0.3 is 15.3 Å². The fourth-order valence-electron chi connectivity index (χ4n) is 0.733. The molecule has 0 rings (SSSR count). The standard InChI is InChI=1S/C6H14N2O2.Al.H/c7-4-2-1-3-5(8)6(9)10;;/h5H,1-4,7-8H2,(H,9,10);;/q;+1;/p-1/t5-;;/m0../s1. The van der Waals surface area contributed by atoms with Gasteiger partial charge in [0.15, 0.2) is 0 Å². The molecule has 0 aromatic heterocycles. The predicted molar refractivity (Wildman–Crippen MR) is 44.1 cm³/mol. The molecular weight excluding hydrogens is 159 g/mol. The Kier molecular flexibility index (Phi) is 6.57. The van der Waals surface area contributed by atoms with E-state index in [0.717, 1.165) is 29.5 Å². The van der Waals surface area contributed by atoms with Gasteiger partial charge in [-0.15, -0.1) is 0 Å². The summed E-state index contributed by atoms with van der Waals surface area (Å²) in [7, 11) is 0. The van der Waals surface area contributed by atoms with Crippen LogP contribution in [0.2, 0.25) is 0 Å². The van der Waals surface area contributed by atoms with Crippen LogP contribution in [-0.2, 0) is 8.58 Å². The molecule has 63 valence electrons. The number of carbonyl (C=O) groups is 1. The lowest BCUT2D eigenvalue weighted by atomic mass is 10.1. The van der Waals surface area contributed by atoms with E-state index >= 15 is 0 Å². The molecule has 0 aromatic carbocycles. The average molecular weight is 173 g/mol. The number of nitrogens with two attached hydrogens (primary N) is 2. The van der Waals surface area contributed by atoms with Gasteiger partial charge in [-0.25, -0.2) is 0 Å². The fraction of sp³-hybridized carbons (Fsp3) is 0.833. The summed E-state index contributed by atoms with van der Waals surface area (Å²) in [6.07, 6.45) is 2.46. The third-order valence-corrected chi connectivity index (χ3v) is 1.70. The van der Waals surface area contributed by atoms with E-state index in [0.29, 0.717) is 13.0 Å². The normalized spacial score (nSPS) is 12.5. The van der Waals surface area contributed by atoms with Crippen molar-refractivity contribution in [2.75, 3.05) is 6.54 Å². The van der Waals surface area contributed by atoms with Crippen LogP contribution in [0.4, 0.5) is 0 Å². The van der Waals surface area contributed by atoms with Gasteiger partial charge in [0.25, 0.3) is 5.97 Å². The Morgan fingerprint density at radius 1 is 1.55 bits per heavy atom. The summed E-state index contributed by atoms with van der Waals surface area (Å²) >= 11 is 1.16. The predicted octanol–water partition coefficient (Wildman–Crippen LogP) is -1.20. The maximum atomic E-state index is 10.7. The van der Waals surface area contributed by atoms with Gasteiger partial charge in [0.1, 0.15) is 0 Å². The third kappa shape index (κ3) is 5.22. The van der Waals surface area contributed by atoms with Crippen LogP contribution in [0, 0.1) is 0 Å². The van der Waals surface area contributed by atoms with Crippen molar-refractivity contribution in [3.8, 4) is 0 Å². The van der Waals surface area contributed by atoms with Crippen LogP contribution in [0.5, 0.6) is 0 Å². The molecule has 0 aromatic rings. The van der Waals surface area contributed by atoms with Crippen molar-refractivity contribution in [1.82, 2.24) is 0 Å². The number of hydrogen-bond donors (Lipinski definition) is 2. The molecule has 0 unspecified atom stereocenters. The largest absolute Gasteiger partial charge is 0.623 e. The zero-order valence-electron chi connectivity index (χ0n) is 6.58. The lowest BCUT2D eigenvalue weighted by molar-refractivity contribution is -0.135. The van der Waals surface area contributed by atoms with E-state index in [9.17, 15) is 4.79 Å². The Morgan fingerprint density at radius 3 is 2.64 bits per heavy atom. The molecule has 0 saturated heterocycles. The van der Waals surface area contributed by atoms with E-state index in [1.807, 2.05) is 0 Å². The Labute approximate surface area is 75.0 Å². The van der Waals surface area contributed by atoms with Crippen molar-refractivity contribution in [1.29, 1.82) is 0 Å². The lowest BCUT2D eigenvalue weighted by Crippen LogP contribution is -2.31. The van der Waals surface area contributed by atoms with Gasteiger partial charge in [0.2, 0.25) is 0 Å². The number of rotatable bonds is 5. The minimum Gasteiger partial charge on any atom is -0.623 e. The Morgan fingerprint density at radius 2 is 2.18 bits per heavy atom. The summed E-state index contributed by atoms with van der Waals surface area (Å²) in [5.74, 6) is -0.333. The highest BCUT2D eigenvalue weighted by Crippen LogP contribution is 1.98. The van der Waals surface area contributed by atoms with E-state index in [1.54, 1.807) is 0 Å². The minimum atomic E-state index is -0.473. The van der Waals surface area contributed by atoms with Crippen molar-refractivity contribution in [2.45, 2.75) is 25.3 Å². The topological polar surface area (TPSA) is 78.3 Å². The molecule has 0 saturated carbocycles. The van der Waals surface area contributed by atoms with Crippen LogP contribution in [0.25, 0.3) is 0 Å². The molecule has 0 amide bonds. The summed E-state index contributed by atoms with van der Waals surface area (Å²) in [5.41, 5.74) is 10.7. The molecule has 4 nitrogen and oxygen atoms in total. The molecular formula is C6H14AlN2O2. The van der Waals surface area contributed by atoms with Crippen molar-refractivity contribution in [2.24, 2.45) is 11.5 Å². The van der Waals surface area contributed by atoms with E-state index in [2.05, 4.69) is 3.79 Å². The molecule has 1 atom stereocenters. The van der Waals surface area contributed by atoms with Crippen molar-refractivity contribution in [3.63, 3.8) is 0 Å². The van der Waals surface area contributed by atoms with E-state index in [1.165, 1.54) is 0 Å². The maximum Gasteiger partial charge on any atom is 0.496 e. The third-order valence-electron chi connectivity index (χ3n) is 1.41. The highest BCUT2D eigenvalue weighted by molar-refractivity contribution is 6.06. The molecule has 1 radical (unpaired) electrons. The number of unbranched alkanes of at least 4 members (excludes halogenated alkanes) is 1. The lowest BCUT2D eigenvalue weighted by Gasteiger charge is -2.09. The molecule has 0 bridgehead atoms. The molecule has 4 N–H and O–H groups in total. The van der Waals surface area contributed by atoms with Crippen LogP contribution < -0.4 is 11.5 Å². The summed E-state index contributed by atoms with van der Waals surface area (Å²) in [4.78, 5) is 10.7. The fourth-order valence-corrected chi connectivity index (χ4v) is 0.948. The summed E-state index contributed by atoms with van der Waals surface area (Å²) < 4.78 is 4.48. The monoisotopic (exact) mass is 173 g/mol. The van der Waals surface area contributed by atoms with Gasteiger partial charge in [-0.05, 0) is 19.4 Å². The summed E-state index contributed by atoms with van der Waals surface area (Å²) in [6, 6.07) is -0.473. The quantitative estimate of drug-likeness (QED) is 0.404. The van der Waals surface area contributed by atoms with Gasteiger partial charge in [-0.2, -0.15) is 0 Å². The molecule has 0 spiro atoms. The van der Waals surface area contributed by atoms with Crippen molar-refractivity contribution in [3.05, 3.63) is 0 Å². The molecule has 0 heterocycles. The van der Waals surface area contributed by atoms with Crippen LogP contribution in [0.1, 0.15) is 19.3 Å². The summed E-state index contributed by atoms with van der Waals surface area (Å²) in [5, 5.41) is 0. The van der Waals surface area contributed by atoms with Crippen molar-refractivity contribution >= 4 is 22.6 Å². The molecule has 0 aliphatic rings. The van der Waals surface area contributed by atoms with E-state index in [4.69, 9.17) is 11.5 Å². The van der Waals surface area contributed by atoms with Gasteiger partial charge in [0, 0.05) is 0 Å². The van der Waals surface area contributed by atoms with E-state index < -0.39 is 6.04 Å². The highest BCUT2D eigenvalue weighted by Gasteiger charge is 2.10. The Bertz CT molecular complexity index is 121. The van der Waals surface area contributed by atoms with E-state index in [-0.39, 0.29) is 5.97 Å².